The fraction of sp³-hybridized carbons (Fsp3) is 0.316. The van der Waals surface area contributed by atoms with Crippen molar-refractivity contribution in [1.29, 1.82) is 0 Å². The van der Waals surface area contributed by atoms with Crippen LogP contribution in [0.1, 0.15) is 24.1 Å². The zero-order chi connectivity index (χ0) is 20.6. The summed E-state index contributed by atoms with van der Waals surface area (Å²) in [6, 6.07) is 5.78. The van der Waals surface area contributed by atoms with E-state index in [0.717, 1.165) is 29.7 Å². The normalized spacial score (nSPS) is 14.7. The number of carbonyl (C=O) groups excluding carboxylic acids is 1. The molecule has 3 heterocycles. The van der Waals surface area contributed by atoms with Crippen molar-refractivity contribution < 1.29 is 13.2 Å². The van der Waals surface area contributed by atoms with Crippen molar-refractivity contribution in [3.63, 3.8) is 0 Å². The van der Waals surface area contributed by atoms with E-state index in [4.69, 9.17) is 0 Å². The molecule has 152 valence electrons. The zero-order valence-electron chi connectivity index (χ0n) is 16.2. The van der Waals surface area contributed by atoms with Gasteiger partial charge in [0.1, 0.15) is 11.5 Å². The maximum absolute atomic E-state index is 12.2. The molecule has 0 spiro atoms. The second-order valence-electron chi connectivity index (χ2n) is 7.14. The highest BCUT2D eigenvalue weighted by Gasteiger charge is 2.24. The molecule has 1 amide bonds. The van der Waals surface area contributed by atoms with E-state index < -0.39 is 16.1 Å². The van der Waals surface area contributed by atoms with Crippen LogP contribution in [-0.4, -0.2) is 40.2 Å². The zero-order valence-corrected chi connectivity index (χ0v) is 17.0. The Bertz CT molecular complexity index is 1200. The van der Waals surface area contributed by atoms with Crippen molar-refractivity contribution in [2.75, 3.05) is 6.54 Å². The fourth-order valence-corrected chi connectivity index (χ4v) is 4.05. The first-order valence-electron chi connectivity index (χ1n) is 9.29. The number of aromatic nitrogens is 4. The van der Waals surface area contributed by atoms with Crippen LogP contribution in [0, 0.1) is 12.8 Å². The highest BCUT2D eigenvalue weighted by atomic mass is 32.2. The third-order valence-corrected chi connectivity index (χ3v) is 5.83. The molecule has 10 heteroatoms. The van der Waals surface area contributed by atoms with Crippen molar-refractivity contribution in [2.24, 2.45) is 13.0 Å². The van der Waals surface area contributed by atoms with Gasteiger partial charge >= 0.3 is 10.2 Å². The lowest BCUT2D eigenvalue weighted by Gasteiger charge is -2.07. The molecule has 0 aromatic carbocycles. The summed E-state index contributed by atoms with van der Waals surface area (Å²) < 4.78 is 31.9. The Hall–Kier alpha value is -2.98. The van der Waals surface area contributed by atoms with Gasteiger partial charge in [-0.15, -0.1) is 0 Å². The molecule has 1 fully saturated rings. The van der Waals surface area contributed by atoms with Gasteiger partial charge in [0.15, 0.2) is 0 Å². The summed E-state index contributed by atoms with van der Waals surface area (Å²) in [6.07, 6.45) is 8.40. The molecule has 0 saturated heterocycles. The summed E-state index contributed by atoms with van der Waals surface area (Å²) in [4.78, 5) is 16.6. The van der Waals surface area contributed by atoms with Gasteiger partial charge in [-0.3, -0.25) is 14.0 Å². The first-order valence-corrected chi connectivity index (χ1v) is 10.8. The van der Waals surface area contributed by atoms with E-state index in [1.165, 1.54) is 6.08 Å². The molecule has 3 aromatic heterocycles. The standard InChI is InChI=1S/C19H22N6O3S/c1-13-16(7-8-17(26)23-29(27,28)21-12-14-5-6-14)19(24(2)22-13)25-11-9-15-4-3-10-20-18(15)25/h3-4,7-11,14,21H,5-6,12H2,1-2H3,(H,23,26)/b8-7+. The van der Waals surface area contributed by atoms with Gasteiger partial charge in [-0.25, -0.2) is 9.71 Å². The van der Waals surface area contributed by atoms with E-state index in [0.29, 0.717) is 23.7 Å². The average molecular weight is 414 g/mol. The number of nitrogens with one attached hydrogen (secondary N) is 2. The minimum atomic E-state index is -3.86. The number of aryl methyl sites for hydroxylation is 2. The maximum Gasteiger partial charge on any atom is 0.301 e. The SMILES string of the molecule is Cc1nn(C)c(-n2ccc3cccnc32)c1/C=C/C(=O)NS(=O)(=O)NCC1CC1. The molecule has 1 saturated carbocycles. The van der Waals surface area contributed by atoms with Gasteiger partial charge in [-0.2, -0.15) is 18.2 Å². The smallest absolute Gasteiger partial charge is 0.285 e. The molecule has 9 nitrogen and oxygen atoms in total. The Balaban J connectivity index is 1.58. The van der Waals surface area contributed by atoms with Gasteiger partial charge in [0.2, 0.25) is 0 Å². The lowest BCUT2D eigenvalue weighted by Crippen LogP contribution is -2.40. The number of fused-ring (bicyclic) bond motifs is 1. The van der Waals surface area contributed by atoms with Crippen LogP contribution in [0.25, 0.3) is 22.9 Å². The van der Waals surface area contributed by atoms with E-state index in [1.807, 2.05) is 40.6 Å². The highest BCUT2D eigenvalue weighted by molar-refractivity contribution is 7.88. The minimum absolute atomic E-state index is 0.353. The summed E-state index contributed by atoms with van der Waals surface area (Å²) in [5.41, 5.74) is 2.18. The van der Waals surface area contributed by atoms with Crippen LogP contribution in [0.5, 0.6) is 0 Å². The van der Waals surface area contributed by atoms with Crippen molar-refractivity contribution in [2.45, 2.75) is 19.8 Å². The Morgan fingerprint density at radius 3 is 2.90 bits per heavy atom. The lowest BCUT2D eigenvalue weighted by molar-refractivity contribution is -0.114. The number of hydrogen-bond acceptors (Lipinski definition) is 5. The summed E-state index contributed by atoms with van der Waals surface area (Å²) in [6.45, 7) is 2.18. The van der Waals surface area contributed by atoms with Crippen LogP contribution < -0.4 is 9.44 Å². The Kier molecular flexibility index (Phi) is 4.97. The van der Waals surface area contributed by atoms with E-state index in [1.54, 1.807) is 24.0 Å². The number of pyridine rings is 1. The van der Waals surface area contributed by atoms with Gasteiger partial charge < -0.3 is 0 Å². The predicted molar refractivity (Wildman–Crippen MR) is 109 cm³/mol. The van der Waals surface area contributed by atoms with Crippen LogP contribution in [0.3, 0.4) is 0 Å². The van der Waals surface area contributed by atoms with E-state index in [-0.39, 0.29) is 0 Å². The summed E-state index contributed by atoms with van der Waals surface area (Å²) in [5, 5.41) is 5.42. The monoisotopic (exact) mass is 414 g/mol. The van der Waals surface area contributed by atoms with Crippen molar-refractivity contribution in [3.8, 4) is 5.82 Å². The van der Waals surface area contributed by atoms with Gasteiger partial charge in [0.05, 0.1) is 5.69 Å². The van der Waals surface area contributed by atoms with E-state index >= 15 is 0 Å². The second-order valence-corrected chi connectivity index (χ2v) is 8.64. The van der Waals surface area contributed by atoms with Gasteiger partial charge in [0.25, 0.3) is 5.91 Å². The minimum Gasteiger partial charge on any atom is -0.285 e. The highest BCUT2D eigenvalue weighted by Crippen LogP contribution is 2.27. The molecule has 0 radical (unpaired) electrons. The number of rotatable bonds is 7. The van der Waals surface area contributed by atoms with Gasteiger partial charge in [0, 0.05) is 43.0 Å². The maximum atomic E-state index is 12.2. The molecule has 0 atom stereocenters. The Morgan fingerprint density at radius 1 is 1.34 bits per heavy atom. The summed E-state index contributed by atoms with van der Waals surface area (Å²) >= 11 is 0. The lowest BCUT2D eigenvalue weighted by atomic mass is 10.2. The van der Waals surface area contributed by atoms with Crippen molar-refractivity contribution in [1.82, 2.24) is 28.8 Å². The van der Waals surface area contributed by atoms with Gasteiger partial charge in [-0.05, 0) is 50.0 Å². The van der Waals surface area contributed by atoms with Crippen LogP contribution in [-0.2, 0) is 22.1 Å². The molecule has 0 aliphatic heterocycles. The Labute approximate surface area is 168 Å². The Morgan fingerprint density at radius 2 is 2.14 bits per heavy atom. The van der Waals surface area contributed by atoms with Crippen LogP contribution in [0.15, 0.2) is 36.7 Å². The van der Waals surface area contributed by atoms with Crippen LogP contribution >= 0.6 is 0 Å². The van der Waals surface area contributed by atoms with Crippen LogP contribution in [0.2, 0.25) is 0 Å². The largest absolute Gasteiger partial charge is 0.301 e. The number of hydrogen-bond donors (Lipinski definition) is 2. The average Bonchev–Trinajstić information content (AvgIpc) is 3.34. The second kappa shape index (κ2) is 7.45. The van der Waals surface area contributed by atoms with Gasteiger partial charge in [-0.1, -0.05) is 0 Å². The molecule has 0 bridgehead atoms. The topological polar surface area (TPSA) is 111 Å². The summed E-state index contributed by atoms with van der Waals surface area (Å²) in [5.74, 6) is 0.385. The predicted octanol–water partition coefficient (Wildman–Crippen LogP) is 1.44. The van der Waals surface area contributed by atoms with E-state index in [9.17, 15) is 13.2 Å². The first-order chi connectivity index (χ1) is 13.8. The molecule has 4 rings (SSSR count). The molecule has 1 aliphatic rings. The third-order valence-electron chi connectivity index (χ3n) is 4.81. The van der Waals surface area contributed by atoms with Crippen molar-refractivity contribution in [3.05, 3.63) is 47.9 Å². The molecule has 1 aliphatic carbocycles. The molecule has 0 unspecified atom stereocenters. The number of nitrogens with zero attached hydrogens (tertiary/aromatic N) is 4. The molecule has 29 heavy (non-hydrogen) atoms. The molecular formula is C19H22N6O3S. The number of carbonyl (C=O) groups is 1. The number of amides is 1. The first kappa shape index (κ1) is 19.3. The van der Waals surface area contributed by atoms with Crippen molar-refractivity contribution >= 4 is 33.2 Å². The summed E-state index contributed by atoms with van der Waals surface area (Å²) in [7, 11) is -2.06. The molecule has 3 aromatic rings. The van der Waals surface area contributed by atoms with E-state index in [2.05, 4.69) is 14.8 Å². The third kappa shape index (κ3) is 4.22. The quantitative estimate of drug-likeness (QED) is 0.569. The van der Waals surface area contributed by atoms with Crippen LogP contribution in [0.4, 0.5) is 0 Å². The molecular weight excluding hydrogens is 392 g/mol. The fourth-order valence-electron chi connectivity index (χ4n) is 3.19. The molecule has 2 N–H and O–H groups in total.